The van der Waals surface area contributed by atoms with Crippen LogP contribution in [0.3, 0.4) is 0 Å². The minimum Gasteiger partial charge on any atom is -0.354 e. The fourth-order valence-corrected chi connectivity index (χ4v) is 2.77. The Morgan fingerprint density at radius 1 is 1.39 bits per heavy atom. The number of hydrogen-bond donors (Lipinski definition) is 0. The summed E-state index contributed by atoms with van der Waals surface area (Å²) < 4.78 is 0. The molecule has 0 aliphatic carbocycles. The number of anilines is 1. The molecule has 0 bridgehead atoms. The Bertz CT molecular complexity index is 448. The summed E-state index contributed by atoms with van der Waals surface area (Å²) in [5.41, 5.74) is 1.65. The van der Waals surface area contributed by atoms with E-state index in [0.717, 1.165) is 30.0 Å². The molecule has 1 aliphatic heterocycles. The first-order valence-electron chi connectivity index (χ1n) is 6.90. The monoisotopic (exact) mass is 243 g/mol. The van der Waals surface area contributed by atoms with Crippen molar-refractivity contribution in [1.29, 1.82) is 5.26 Å². The highest BCUT2D eigenvalue weighted by Crippen LogP contribution is 2.25. The van der Waals surface area contributed by atoms with Crippen LogP contribution in [0.5, 0.6) is 0 Å². The van der Waals surface area contributed by atoms with Gasteiger partial charge in [0.25, 0.3) is 0 Å². The molecular weight excluding hydrogens is 222 g/mol. The Morgan fingerprint density at radius 2 is 2.22 bits per heavy atom. The average molecular weight is 243 g/mol. The molecule has 0 aromatic carbocycles. The van der Waals surface area contributed by atoms with Crippen LogP contribution in [0.1, 0.15) is 50.3 Å². The van der Waals surface area contributed by atoms with Crippen LogP contribution >= 0.6 is 0 Å². The second kappa shape index (κ2) is 5.86. The average Bonchev–Trinajstić information content (AvgIpc) is 2.62. The fourth-order valence-electron chi connectivity index (χ4n) is 2.77. The van der Waals surface area contributed by atoms with E-state index in [1.807, 2.05) is 19.1 Å². The molecule has 1 unspecified atom stereocenters. The molecule has 1 aromatic heterocycles. The van der Waals surface area contributed by atoms with E-state index in [1.165, 1.54) is 25.7 Å². The molecule has 0 saturated carbocycles. The molecule has 0 radical (unpaired) electrons. The number of aryl methyl sites for hydroxylation is 1. The second-order valence-corrected chi connectivity index (χ2v) is 5.07. The van der Waals surface area contributed by atoms with Crippen molar-refractivity contribution < 1.29 is 0 Å². The van der Waals surface area contributed by atoms with Crippen LogP contribution < -0.4 is 4.90 Å². The molecule has 0 spiro atoms. The van der Waals surface area contributed by atoms with E-state index in [9.17, 15) is 0 Å². The summed E-state index contributed by atoms with van der Waals surface area (Å²) in [4.78, 5) is 7.02. The first-order chi connectivity index (χ1) is 8.74. The lowest BCUT2D eigenvalue weighted by Crippen LogP contribution is -2.35. The van der Waals surface area contributed by atoms with E-state index in [4.69, 9.17) is 5.26 Å². The van der Waals surface area contributed by atoms with Crippen LogP contribution in [-0.2, 0) is 0 Å². The van der Waals surface area contributed by atoms with Crippen molar-refractivity contribution in [3.63, 3.8) is 0 Å². The van der Waals surface area contributed by atoms with Gasteiger partial charge >= 0.3 is 0 Å². The summed E-state index contributed by atoms with van der Waals surface area (Å²) in [6.45, 7) is 5.27. The number of pyridine rings is 1. The van der Waals surface area contributed by atoms with Gasteiger partial charge in [-0.1, -0.05) is 19.8 Å². The minimum atomic E-state index is 0.577. The third-order valence-corrected chi connectivity index (χ3v) is 3.71. The number of nitrogens with zero attached hydrogens (tertiary/aromatic N) is 3. The van der Waals surface area contributed by atoms with Crippen LogP contribution in [-0.4, -0.2) is 17.6 Å². The first-order valence-corrected chi connectivity index (χ1v) is 6.90. The van der Waals surface area contributed by atoms with Gasteiger partial charge in [-0.05, 0) is 38.3 Å². The van der Waals surface area contributed by atoms with E-state index in [2.05, 4.69) is 22.9 Å². The molecule has 0 N–H and O–H groups in total. The summed E-state index contributed by atoms with van der Waals surface area (Å²) >= 11 is 0. The van der Waals surface area contributed by atoms with Crippen LogP contribution in [0.2, 0.25) is 0 Å². The number of aromatic nitrogens is 1. The molecule has 1 fully saturated rings. The molecule has 1 saturated heterocycles. The third-order valence-electron chi connectivity index (χ3n) is 3.71. The summed E-state index contributed by atoms with van der Waals surface area (Å²) in [6.07, 6.45) is 6.25. The van der Waals surface area contributed by atoms with Crippen molar-refractivity contribution in [2.45, 2.75) is 52.0 Å². The quantitative estimate of drug-likeness (QED) is 0.799. The maximum absolute atomic E-state index is 9.07. The van der Waals surface area contributed by atoms with E-state index >= 15 is 0 Å². The van der Waals surface area contributed by atoms with Gasteiger partial charge in [-0.3, -0.25) is 0 Å². The van der Waals surface area contributed by atoms with E-state index in [1.54, 1.807) is 0 Å². The number of rotatable bonds is 2. The Morgan fingerprint density at radius 3 is 2.94 bits per heavy atom. The molecule has 0 amide bonds. The first kappa shape index (κ1) is 12.9. The Labute approximate surface area is 109 Å². The Hall–Kier alpha value is -1.56. The lowest BCUT2D eigenvalue weighted by Gasteiger charge is -2.30. The molecule has 2 heterocycles. The highest BCUT2D eigenvalue weighted by Gasteiger charge is 2.21. The van der Waals surface area contributed by atoms with Crippen molar-refractivity contribution >= 4 is 5.82 Å². The summed E-state index contributed by atoms with van der Waals surface area (Å²) in [6, 6.07) is 6.59. The zero-order chi connectivity index (χ0) is 13.0. The third kappa shape index (κ3) is 2.81. The smallest absolute Gasteiger partial charge is 0.130 e. The van der Waals surface area contributed by atoms with Gasteiger partial charge in [0.2, 0.25) is 0 Å². The topological polar surface area (TPSA) is 39.9 Å². The van der Waals surface area contributed by atoms with Gasteiger partial charge in [-0.25, -0.2) is 4.98 Å². The maximum atomic E-state index is 9.07. The zero-order valence-electron chi connectivity index (χ0n) is 11.3. The van der Waals surface area contributed by atoms with Gasteiger partial charge in [-0.2, -0.15) is 5.26 Å². The Balaban J connectivity index is 2.32. The molecule has 1 atom stereocenters. The van der Waals surface area contributed by atoms with Crippen molar-refractivity contribution in [3.8, 4) is 6.07 Å². The van der Waals surface area contributed by atoms with Gasteiger partial charge in [0.05, 0.1) is 11.6 Å². The standard InChI is InChI=1S/C15H21N3/c1-3-14-7-5-4-6-8-18(14)15-10-13(11-16)9-12(2)17-15/h9-10,14H,3-8H2,1-2H3. The minimum absolute atomic E-state index is 0.577. The molecule has 3 heteroatoms. The van der Waals surface area contributed by atoms with Gasteiger partial charge in [0, 0.05) is 18.3 Å². The highest BCUT2D eigenvalue weighted by atomic mass is 15.2. The summed E-state index contributed by atoms with van der Waals surface area (Å²) in [5.74, 6) is 0.986. The predicted molar refractivity (Wildman–Crippen MR) is 73.6 cm³/mol. The van der Waals surface area contributed by atoms with Crippen LogP contribution in [0.4, 0.5) is 5.82 Å². The molecule has 1 aliphatic rings. The van der Waals surface area contributed by atoms with Crippen LogP contribution in [0.15, 0.2) is 12.1 Å². The van der Waals surface area contributed by atoms with Gasteiger partial charge < -0.3 is 4.90 Å². The van der Waals surface area contributed by atoms with E-state index < -0.39 is 0 Å². The second-order valence-electron chi connectivity index (χ2n) is 5.07. The van der Waals surface area contributed by atoms with Crippen molar-refractivity contribution in [1.82, 2.24) is 4.98 Å². The highest BCUT2D eigenvalue weighted by molar-refractivity contribution is 5.47. The zero-order valence-corrected chi connectivity index (χ0v) is 11.3. The van der Waals surface area contributed by atoms with Crippen molar-refractivity contribution in [3.05, 3.63) is 23.4 Å². The van der Waals surface area contributed by atoms with Crippen LogP contribution in [0, 0.1) is 18.3 Å². The molecule has 1 aromatic rings. The fraction of sp³-hybridized carbons (Fsp3) is 0.600. The van der Waals surface area contributed by atoms with E-state index in [-0.39, 0.29) is 0 Å². The molecule has 96 valence electrons. The van der Waals surface area contributed by atoms with Gasteiger partial charge in [-0.15, -0.1) is 0 Å². The van der Waals surface area contributed by atoms with Gasteiger partial charge in [0.15, 0.2) is 0 Å². The predicted octanol–water partition coefficient (Wildman–Crippen LogP) is 3.42. The molecular formula is C15H21N3. The lowest BCUT2D eigenvalue weighted by atomic mass is 10.1. The SMILES string of the molecule is CCC1CCCCCN1c1cc(C#N)cc(C)n1. The van der Waals surface area contributed by atoms with E-state index in [0.29, 0.717) is 6.04 Å². The molecule has 2 rings (SSSR count). The van der Waals surface area contributed by atoms with Crippen molar-refractivity contribution in [2.75, 3.05) is 11.4 Å². The van der Waals surface area contributed by atoms with Gasteiger partial charge in [0.1, 0.15) is 5.82 Å². The normalized spacial score (nSPS) is 20.3. The van der Waals surface area contributed by atoms with Crippen molar-refractivity contribution in [2.24, 2.45) is 0 Å². The maximum Gasteiger partial charge on any atom is 0.130 e. The largest absolute Gasteiger partial charge is 0.354 e. The number of hydrogen-bond acceptors (Lipinski definition) is 3. The lowest BCUT2D eigenvalue weighted by molar-refractivity contribution is 0.552. The molecule has 18 heavy (non-hydrogen) atoms. The summed E-state index contributed by atoms with van der Waals surface area (Å²) in [5, 5.41) is 9.07. The summed E-state index contributed by atoms with van der Waals surface area (Å²) in [7, 11) is 0. The number of nitriles is 1. The molecule has 3 nitrogen and oxygen atoms in total. The Kier molecular flexibility index (Phi) is 4.19. The van der Waals surface area contributed by atoms with Crippen LogP contribution in [0.25, 0.3) is 0 Å².